The van der Waals surface area contributed by atoms with Gasteiger partial charge in [-0.25, -0.2) is 0 Å². The van der Waals surface area contributed by atoms with E-state index in [2.05, 4.69) is 0 Å². The van der Waals surface area contributed by atoms with Gasteiger partial charge in [0.05, 0.1) is 0 Å². The molecule has 0 atom stereocenters. The maximum absolute atomic E-state index is 12.2. The summed E-state index contributed by atoms with van der Waals surface area (Å²) in [5.74, 6) is -1.54. The summed E-state index contributed by atoms with van der Waals surface area (Å²) in [6.45, 7) is -0.770. The number of nitrogens with one attached hydrogen (secondary N) is 1. The van der Waals surface area contributed by atoms with Crippen molar-refractivity contribution in [3.05, 3.63) is 34.9 Å². The fourth-order valence-electron chi connectivity index (χ4n) is 2.88. The van der Waals surface area contributed by atoms with Crippen LogP contribution in [0.15, 0.2) is 24.3 Å². The van der Waals surface area contributed by atoms with Gasteiger partial charge >= 0.3 is 6.18 Å². The molecule has 1 saturated heterocycles. The van der Waals surface area contributed by atoms with Gasteiger partial charge in [-0.05, 0) is 37.1 Å². The summed E-state index contributed by atoms with van der Waals surface area (Å²) in [6.07, 6.45) is -3.72. The van der Waals surface area contributed by atoms with Crippen molar-refractivity contribution in [3.8, 4) is 0 Å². The molecular weight excluding hydrogens is 385 g/mol. The van der Waals surface area contributed by atoms with Crippen molar-refractivity contribution >= 4 is 29.2 Å². The van der Waals surface area contributed by atoms with E-state index in [1.165, 1.54) is 0 Å². The van der Waals surface area contributed by atoms with Crippen molar-refractivity contribution in [2.75, 3.05) is 19.6 Å². The number of carbonyl (C=O) groups is 3. The summed E-state index contributed by atoms with van der Waals surface area (Å²) in [6, 6.07) is 6.40. The molecule has 1 aliphatic heterocycles. The van der Waals surface area contributed by atoms with Crippen molar-refractivity contribution in [1.82, 2.24) is 10.2 Å². The molecule has 1 heterocycles. The molecule has 0 aromatic heterocycles. The van der Waals surface area contributed by atoms with Gasteiger partial charge in [0.2, 0.25) is 11.8 Å². The average molecular weight is 405 g/mol. The Balaban J connectivity index is 1.73. The number of rotatable bonds is 6. The number of hydrogen-bond acceptors (Lipinski definition) is 3. The van der Waals surface area contributed by atoms with E-state index in [9.17, 15) is 27.6 Å². The number of benzene rings is 1. The number of halogens is 4. The minimum absolute atomic E-state index is 0.0480. The Labute approximate surface area is 159 Å². The number of ketones is 1. The molecule has 2 amide bonds. The first-order valence-corrected chi connectivity index (χ1v) is 8.94. The topological polar surface area (TPSA) is 66.5 Å². The van der Waals surface area contributed by atoms with Crippen LogP contribution in [-0.4, -0.2) is 48.3 Å². The number of amides is 2. The number of piperidine rings is 1. The Hall–Kier alpha value is -2.09. The first-order chi connectivity index (χ1) is 12.7. The molecule has 1 fully saturated rings. The van der Waals surface area contributed by atoms with Crippen molar-refractivity contribution in [2.45, 2.75) is 31.9 Å². The minimum Gasteiger partial charge on any atom is -0.347 e. The molecule has 5 nitrogen and oxygen atoms in total. The summed E-state index contributed by atoms with van der Waals surface area (Å²) in [5, 5.41) is 2.40. The van der Waals surface area contributed by atoms with Crippen LogP contribution >= 0.6 is 11.6 Å². The second kappa shape index (κ2) is 9.21. The molecule has 1 aromatic rings. The van der Waals surface area contributed by atoms with Crippen LogP contribution in [0.4, 0.5) is 13.2 Å². The predicted octanol–water partition coefficient (Wildman–Crippen LogP) is 3.22. The van der Waals surface area contributed by atoms with Crippen molar-refractivity contribution < 1.29 is 27.6 Å². The van der Waals surface area contributed by atoms with Gasteiger partial charge in [-0.3, -0.25) is 14.4 Å². The molecule has 0 unspecified atom stereocenters. The highest BCUT2D eigenvalue weighted by Crippen LogP contribution is 2.20. The molecule has 2 rings (SSSR count). The molecule has 1 aromatic carbocycles. The van der Waals surface area contributed by atoms with Gasteiger partial charge < -0.3 is 10.2 Å². The quantitative estimate of drug-likeness (QED) is 0.740. The lowest BCUT2D eigenvalue weighted by Gasteiger charge is -2.31. The highest BCUT2D eigenvalue weighted by atomic mass is 35.5. The normalized spacial score (nSPS) is 15.5. The molecule has 0 spiro atoms. The number of nitrogens with zero attached hydrogens (tertiary/aromatic N) is 1. The summed E-state index contributed by atoms with van der Waals surface area (Å²) >= 11 is 5.77. The van der Waals surface area contributed by atoms with E-state index in [4.69, 9.17) is 11.6 Å². The standard InChI is InChI=1S/C18H20ClF3N2O3/c19-14-3-1-12(2-4-14)15(25)5-6-16(26)24-9-7-13(8-10-24)17(27)23-11-18(20,21)22/h1-4,13H,5-11H2,(H,23,27). The van der Waals surface area contributed by atoms with Crippen LogP contribution in [0, 0.1) is 5.92 Å². The monoisotopic (exact) mass is 404 g/mol. The summed E-state index contributed by atoms with van der Waals surface area (Å²) in [4.78, 5) is 37.6. The fourth-order valence-corrected chi connectivity index (χ4v) is 3.01. The molecule has 148 valence electrons. The number of likely N-dealkylation sites (tertiary alicyclic amines) is 1. The van der Waals surface area contributed by atoms with Crippen LogP contribution in [0.1, 0.15) is 36.0 Å². The zero-order valence-electron chi connectivity index (χ0n) is 14.5. The van der Waals surface area contributed by atoms with Crippen LogP contribution in [0.5, 0.6) is 0 Å². The second-order valence-corrected chi connectivity index (χ2v) is 6.85. The van der Waals surface area contributed by atoms with Crippen LogP contribution in [0.2, 0.25) is 5.02 Å². The first-order valence-electron chi connectivity index (χ1n) is 8.57. The van der Waals surface area contributed by atoms with Gasteiger partial charge in [0, 0.05) is 42.4 Å². The van der Waals surface area contributed by atoms with Crippen molar-refractivity contribution in [1.29, 1.82) is 0 Å². The highest BCUT2D eigenvalue weighted by molar-refractivity contribution is 6.30. The molecule has 0 saturated carbocycles. The van der Waals surface area contributed by atoms with E-state index >= 15 is 0 Å². The molecule has 1 N–H and O–H groups in total. The van der Waals surface area contributed by atoms with E-state index in [1.807, 2.05) is 5.32 Å². The molecular formula is C18H20ClF3N2O3. The van der Waals surface area contributed by atoms with Gasteiger partial charge in [0.1, 0.15) is 6.54 Å². The maximum atomic E-state index is 12.2. The molecule has 0 radical (unpaired) electrons. The Morgan fingerprint density at radius 2 is 1.67 bits per heavy atom. The average Bonchev–Trinajstić information content (AvgIpc) is 2.64. The molecule has 0 bridgehead atoms. The molecule has 0 aliphatic carbocycles. The summed E-state index contributed by atoms with van der Waals surface area (Å²) in [5.41, 5.74) is 0.479. The van der Waals surface area contributed by atoms with Crippen molar-refractivity contribution in [2.24, 2.45) is 5.92 Å². The lowest BCUT2D eigenvalue weighted by atomic mass is 9.95. The van der Waals surface area contributed by atoms with Crippen LogP contribution in [0.25, 0.3) is 0 Å². The second-order valence-electron chi connectivity index (χ2n) is 6.42. The number of carbonyl (C=O) groups excluding carboxylic acids is 3. The third-order valence-electron chi connectivity index (χ3n) is 4.41. The SMILES string of the molecule is O=C(CCC(=O)N1CCC(C(=O)NCC(F)(F)F)CC1)c1ccc(Cl)cc1. The number of alkyl halides is 3. The Bertz CT molecular complexity index is 684. The van der Waals surface area contributed by atoms with E-state index < -0.39 is 24.5 Å². The van der Waals surface area contributed by atoms with Gasteiger partial charge in [-0.2, -0.15) is 13.2 Å². The largest absolute Gasteiger partial charge is 0.405 e. The van der Waals surface area contributed by atoms with E-state index in [-0.39, 0.29) is 37.6 Å². The number of hydrogen-bond donors (Lipinski definition) is 1. The summed E-state index contributed by atoms with van der Waals surface area (Å²) < 4.78 is 36.4. The number of Topliss-reactive ketones (excluding diaryl/α,β-unsaturated/α-hetero) is 1. The van der Waals surface area contributed by atoms with Crippen molar-refractivity contribution in [3.63, 3.8) is 0 Å². The van der Waals surface area contributed by atoms with E-state index in [0.717, 1.165) is 0 Å². The Kier molecular flexibility index (Phi) is 7.24. The van der Waals surface area contributed by atoms with E-state index in [1.54, 1.807) is 29.2 Å². The molecule has 27 heavy (non-hydrogen) atoms. The Morgan fingerprint density at radius 3 is 2.22 bits per heavy atom. The lowest BCUT2D eigenvalue weighted by Crippen LogP contribution is -2.44. The minimum atomic E-state index is -4.44. The van der Waals surface area contributed by atoms with Crippen LogP contribution < -0.4 is 5.32 Å². The first kappa shape index (κ1) is 21.2. The van der Waals surface area contributed by atoms with Gasteiger partial charge in [0.25, 0.3) is 0 Å². The lowest BCUT2D eigenvalue weighted by molar-refractivity contribution is -0.143. The predicted molar refractivity (Wildman–Crippen MR) is 93.4 cm³/mol. The highest BCUT2D eigenvalue weighted by Gasteiger charge is 2.31. The van der Waals surface area contributed by atoms with E-state index in [0.29, 0.717) is 23.4 Å². The van der Waals surface area contributed by atoms with Gasteiger partial charge in [-0.15, -0.1) is 0 Å². The third-order valence-corrected chi connectivity index (χ3v) is 4.67. The summed E-state index contributed by atoms with van der Waals surface area (Å²) in [7, 11) is 0. The Morgan fingerprint density at radius 1 is 1.07 bits per heavy atom. The molecule has 1 aliphatic rings. The smallest absolute Gasteiger partial charge is 0.347 e. The third kappa shape index (κ3) is 6.86. The van der Waals surface area contributed by atoms with Crippen LogP contribution in [0.3, 0.4) is 0 Å². The maximum Gasteiger partial charge on any atom is 0.405 e. The zero-order chi connectivity index (χ0) is 20.0. The fraction of sp³-hybridized carbons (Fsp3) is 0.500. The van der Waals surface area contributed by atoms with Crippen LogP contribution in [-0.2, 0) is 9.59 Å². The van der Waals surface area contributed by atoms with Gasteiger partial charge in [0.15, 0.2) is 5.78 Å². The van der Waals surface area contributed by atoms with Gasteiger partial charge in [-0.1, -0.05) is 11.6 Å². The zero-order valence-corrected chi connectivity index (χ0v) is 15.3. The molecule has 9 heteroatoms.